The van der Waals surface area contributed by atoms with Crippen LogP contribution in [0.5, 0.6) is 5.75 Å². The summed E-state index contributed by atoms with van der Waals surface area (Å²) in [5.74, 6) is -0.175. The molecular formula is C25H30ClFN8O4. The zero-order valence-electron chi connectivity index (χ0n) is 22.2. The molecule has 0 spiro atoms. The minimum atomic E-state index is -1.39. The summed E-state index contributed by atoms with van der Waals surface area (Å²) in [6, 6.07) is 5.77. The van der Waals surface area contributed by atoms with Gasteiger partial charge in [0, 0.05) is 42.5 Å². The molecule has 0 unspecified atom stereocenters. The van der Waals surface area contributed by atoms with Crippen molar-refractivity contribution in [2.45, 2.75) is 31.9 Å². The first kappa shape index (κ1) is 28.2. The molecule has 0 radical (unpaired) electrons. The van der Waals surface area contributed by atoms with Crippen molar-refractivity contribution in [1.29, 1.82) is 0 Å². The largest absolute Gasteiger partial charge is 0.494 e. The lowest BCUT2D eigenvalue weighted by Gasteiger charge is -2.23. The van der Waals surface area contributed by atoms with Crippen LogP contribution in [0.3, 0.4) is 0 Å². The lowest BCUT2D eigenvalue weighted by Crippen LogP contribution is -2.31. The fourth-order valence-corrected chi connectivity index (χ4v) is 4.58. The SMILES string of the molecule is COc1cc(N2CC[C@H](N(C)C)C2)c([N+](=O)[O-])cc1Nc1ncnc(Nc2cc(Cl)c(F)cc2C(C)(C)O)n1. The van der Waals surface area contributed by atoms with E-state index in [1.807, 2.05) is 19.0 Å². The van der Waals surface area contributed by atoms with E-state index >= 15 is 0 Å². The van der Waals surface area contributed by atoms with Crippen molar-refractivity contribution in [3.63, 3.8) is 0 Å². The van der Waals surface area contributed by atoms with Gasteiger partial charge in [0.15, 0.2) is 0 Å². The molecule has 0 saturated carbocycles. The normalized spacial score (nSPS) is 15.5. The molecule has 1 fully saturated rings. The molecule has 0 bridgehead atoms. The molecule has 0 amide bonds. The van der Waals surface area contributed by atoms with E-state index < -0.39 is 16.3 Å². The van der Waals surface area contributed by atoms with E-state index in [0.29, 0.717) is 30.2 Å². The van der Waals surface area contributed by atoms with Gasteiger partial charge in [-0.2, -0.15) is 4.98 Å². The summed E-state index contributed by atoms with van der Waals surface area (Å²) >= 11 is 5.96. The molecule has 4 rings (SSSR count). The maximum atomic E-state index is 14.1. The molecule has 12 nitrogen and oxygen atoms in total. The number of nitrogens with one attached hydrogen (secondary N) is 2. The number of hydrogen-bond donors (Lipinski definition) is 3. The highest BCUT2D eigenvalue weighted by molar-refractivity contribution is 6.31. The molecule has 39 heavy (non-hydrogen) atoms. The summed E-state index contributed by atoms with van der Waals surface area (Å²) in [4.78, 5) is 28.2. The topological polar surface area (TPSA) is 142 Å². The number of hydrogen-bond acceptors (Lipinski definition) is 11. The first-order valence-electron chi connectivity index (χ1n) is 12.1. The third-order valence-electron chi connectivity index (χ3n) is 6.51. The van der Waals surface area contributed by atoms with E-state index in [2.05, 4.69) is 30.5 Å². The van der Waals surface area contributed by atoms with Crippen LogP contribution in [0.15, 0.2) is 30.6 Å². The third-order valence-corrected chi connectivity index (χ3v) is 6.80. The predicted molar refractivity (Wildman–Crippen MR) is 147 cm³/mol. The Labute approximate surface area is 229 Å². The van der Waals surface area contributed by atoms with Gasteiger partial charge in [-0.25, -0.2) is 14.4 Å². The van der Waals surface area contributed by atoms with Gasteiger partial charge in [0.05, 0.1) is 28.3 Å². The van der Waals surface area contributed by atoms with E-state index in [4.69, 9.17) is 16.3 Å². The highest BCUT2D eigenvalue weighted by Gasteiger charge is 2.30. The van der Waals surface area contributed by atoms with Crippen molar-refractivity contribution in [3.05, 3.63) is 57.1 Å². The standard InChI is InChI=1S/C25H30ClFN8O4/c1-25(2,36)15-8-17(27)16(26)9-18(15)30-23-28-13-29-24(32-23)31-19-10-21(35(37)38)20(11-22(19)39-5)34-7-6-14(12-34)33(3)4/h8-11,13-14,36H,6-7,12H2,1-5H3,(H2,28,29,30,31,32)/t14-/m0/s1. The van der Waals surface area contributed by atoms with Crippen LogP contribution in [0.25, 0.3) is 0 Å². The number of nitro groups is 1. The van der Waals surface area contributed by atoms with Crippen LogP contribution in [0, 0.1) is 15.9 Å². The number of anilines is 5. The lowest BCUT2D eigenvalue weighted by molar-refractivity contribution is -0.384. The number of aromatic nitrogens is 3. The summed E-state index contributed by atoms with van der Waals surface area (Å²) in [5.41, 5.74) is -0.179. The van der Waals surface area contributed by atoms with Crippen molar-refractivity contribution >= 4 is 46.2 Å². The van der Waals surface area contributed by atoms with Gasteiger partial charge in [-0.3, -0.25) is 10.1 Å². The smallest absolute Gasteiger partial charge is 0.294 e. The Hall–Kier alpha value is -3.81. The first-order valence-corrected chi connectivity index (χ1v) is 12.5. The van der Waals surface area contributed by atoms with Crippen molar-refractivity contribution in [2.75, 3.05) is 49.8 Å². The summed E-state index contributed by atoms with van der Waals surface area (Å²) in [7, 11) is 5.45. The van der Waals surface area contributed by atoms with E-state index in [9.17, 15) is 19.6 Å². The van der Waals surface area contributed by atoms with Gasteiger partial charge in [0.25, 0.3) is 5.69 Å². The Morgan fingerprint density at radius 2 is 1.87 bits per heavy atom. The number of benzene rings is 2. The van der Waals surface area contributed by atoms with Gasteiger partial charge in [-0.05, 0) is 46.5 Å². The number of nitro benzene ring substituents is 1. The average Bonchev–Trinajstić information content (AvgIpc) is 3.36. The van der Waals surface area contributed by atoms with E-state index in [1.165, 1.54) is 39.4 Å². The van der Waals surface area contributed by atoms with Gasteiger partial charge in [0.2, 0.25) is 11.9 Å². The Morgan fingerprint density at radius 1 is 1.21 bits per heavy atom. The molecule has 1 atom stereocenters. The summed E-state index contributed by atoms with van der Waals surface area (Å²) in [6.45, 7) is 4.36. The zero-order chi connectivity index (χ0) is 28.5. The molecule has 3 N–H and O–H groups in total. The predicted octanol–water partition coefficient (Wildman–Crippen LogP) is 4.44. The molecule has 1 aliphatic heterocycles. The average molecular weight is 561 g/mol. The molecule has 1 aliphatic rings. The highest BCUT2D eigenvalue weighted by atomic mass is 35.5. The number of methoxy groups -OCH3 is 1. The molecule has 0 aliphatic carbocycles. The maximum Gasteiger partial charge on any atom is 0.294 e. The third kappa shape index (κ3) is 6.27. The Morgan fingerprint density at radius 3 is 2.44 bits per heavy atom. The molecule has 3 aromatic rings. The number of rotatable bonds is 9. The van der Waals surface area contributed by atoms with Crippen molar-refractivity contribution in [1.82, 2.24) is 19.9 Å². The van der Waals surface area contributed by atoms with Gasteiger partial charge in [-0.15, -0.1) is 0 Å². The van der Waals surface area contributed by atoms with Crippen LogP contribution in [0.2, 0.25) is 5.02 Å². The van der Waals surface area contributed by atoms with Gasteiger partial charge in [-0.1, -0.05) is 11.6 Å². The lowest BCUT2D eigenvalue weighted by atomic mass is 9.96. The van der Waals surface area contributed by atoms with E-state index in [1.54, 1.807) is 6.07 Å². The summed E-state index contributed by atoms with van der Waals surface area (Å²) in [6.07, 6.45) is 2.12. The van der Waals surface area contributed by atoms with Gasteiger partial charge >= 0.3 is 0 Å². The number of likely N-dealkylation sites (N-methyl/N-ethyl adjacent to an activating group) is 1. The minimum Gasteiger partial charge on any atom is -0.494 e. The second kappa shape index (κ2) is 11.1. The molecule has 14 heteroatoms. The highest BCUT2D eigenvalue weighted by Crippen LogP contribution is 2.41. The van der Waals surface area contributed by atoms with Crippen molar-refractivity contribution in [3.8, 4) is 5.75 Å². The second-order valence-corrected chi connectivity index (χ2v) is 10.3. The molecular weight excluding hydrogens is 531 g/mol. The Bertz CT molecular complexity index is 1380. The number of ether oxygens (including phenoxy) is 1. The number of halogens is 2. The second-order valence-electron chi connectivity index (χ2n) is 9.90. The Kier molecular flexibility index (Phi) is 8.04. The van der Waals surface area contributed by atoms with Crippen LogP contribution in [-0.2, 0) is 5.60 Å². The van der Waals surface area contributed by atoms with Crippen LogP contribution in [0.1, 0.15) is 25.8 Å². The van der Waals surface area contributed by atoms with Crippen molar-refractivity contribution < 1.29 is 19.2 Å². The quantitative estimate of drug-likeness (QED) is 0.252. The van der Waals surface area contributed by atoms with Crippen molar-refractivity contribution in [2.24, 2.45) is 0 Å². The summed E-state index contributed by atoms with van der Waals surface area (Å²) in [5, 5.41) is 28.2. The molecule has 2 heterocycles. The van der Waals surface area contributed by atoms with Crippen LogP contribution >= 0.6 is 11.6 Å². The monoisotopic (exact) mass is 560 g/mol. The maximum absolute atomic E-state index is 14.1. The van der Waals surface area contributed by atoms with Crippen LogP contribution in [0.4, 0.5) is 39.0 Å². The molecule has 2 aromatic carbocycles. The fraction of sp³-hybridized carbons (Fsp3) is 0.400. The summed E-state index contributed by atoms with van der Waals surface area (Å²) < 4.78 is 19.6. The molecule has 208 valence electrons. The van der Waals surface area contributed by atoms with Gasteiger partial charge < -0.3 is 30.3 Å². The van der Waals surface area contributed by atoms with E-state index in [0.717, 1.165) is 12.5 Å². The molecule has 1 saturated heterocycles. The van der Waals surface area contributed by atoms with Gasteiger partial charge in [0.1, 0.15) is 23.6 Å². The Balaban J connectivity index is 1.64. The van der Waals surface area contributed by atoms with E-state index in [-0.39, 0.29) is 39.9 Å². The number of nitrogens with zero attached hydrogens (tertiary/aromatic N) is 6. The first-order chi connectivity index (χ1) is 18.4. The van der Waals surface area contributed by atoms with Crippen LogP contribution in [-0.4, -0.2) is 70.2 Å². The molecule has 1 aromatic heterocycles. The zero-order valence-corrected chi connectivity index (χ0v) is 23.0. The minimum absolute atomic E-state index is 0.0672. The van der Waals surface area contributed by atoms with Crippen LogP contribution < -0.4 is 20.3 Å². The number of aliphatic hydroxyl groups is 1. The fourth-order valence-electron chi connectivity index (χ4n) is 4.42.